The van der Waals surface area contributed by atoms with E-state index in [0.717, 1.165) is 5.82 Å². The number of hydrogen-bond acceptors (Lipinski definition) is 3. The molecule has 0 radical (unpaired) electrons. The summed E-state index contributed by atoms with van der Waals surface area (Å²) in [5, 5.41) is 3.26. The molecule has 1 aromatic heterocycles. The molecule has 0 aromatic carbocycles. The molecule has 1 rings (SSSR count). The van der Waals surface area contributed by atoms with Crippen molar-refractivity contribution in [3.8, 4) is 0 Å². The first kappa shape index (κ1) is 11.1. The van der Waals surface area contributed by atoms with Crippen molar-refractivity contribution in [3.63, 3.8) is 0 Å². The first-order valence-electron chi connectivity index (χ1n) is 5.11. The summed E-state index contributed by atoms with van der Waals surface area (Å²) in [6, 6.07) is 2.25. The van der Waals surface area contributed by atoms with Crippen LogP contribution in [0.1, 0.15) is 32.5 Å². The van der Waals surface area contributed by atoms with Gasteiger partial charge in [-0.25, -0.2) is 9.97 Å². The molecule has 0 spiro atoms. The second kappa shape index (κ2) is 5.05. The highest BCUT2D eigenvalue weighted by atomic mass is 14.9. The van der Waals surface area contributed by atoms with Gasteiger partial charge in [0.05, 0.1) is 0 Å². The Morgan fingerprint density at radius 1 is 1.14 bits per heavy atom. The average molecular weight is 193 g/mol. The van der Waals surface area contributed by atoms with Gasteiger partial charge in [-0.1, -0.05) is 13.8 Å². The first-order chi connectivity index (χ1) is 6.66. The Balaban J connectivity index is 2.89. The summed E-state index contributed by atoms with van der Waals surface area (Å²) in [7, 11) is 1.98. The van der Waals surface area contributed by atoms with Crippen LogP contribution in [0.2, 0.25) is 0 Å². The molecule has 1 heterocycles. The van der Waals surface area contributed by atoms with Gasteiger partial charge in [-0.3, -0.25) is 0 Å². The molecule has 3 nitrogen and oxygen atoms in total. The summed E-state index contributed by atoms with van der Waals surface area (Å²) in [6.45, 7) is 6.57. The van der Waals surface area contributed by atoms with E-state index in [-0.39, 0.29) is 0 Å². The second-order valence-electron chi connectivity index (χ2n) is 3.95. The van der Waals surface area contributed by atoms with Gasteiger partial charge in [0.15, 0.2) is 0 Å². The number of rotatable bonds is 4. The monoisotopic (exact) mass is 193 g/mol. The van der Waals surface area contributed by atoms with Gasteiger partial charge in [0.25, 0.3) is 0 Å². The van der Waals surface area contributed by atoms with Crippen LogP contribution in [-0.4, -0.2) is 23.1 Å². The predicted octanol–water partition coefficient (Wildman–Crippen LogP) is 1.82. The molecule has 3 heteroatoms. The Kier molecular flexibility index (Phi) is 4.01. The van der Waals surface area contributed by atoms with Crippen molar-refractivity contribution in [1.29, 1.82) is 0 Å². The molecule has 2 unspecified atom stereocenters. The van der Waals surface area contributed by atoms with E-state index < -0.39 is 0 Å². The van der Waals surface area contributed by atoms with Crippen LogP contribution >= 0.6 is 0 Å². The van der Waals surface area contributed by atoms with E-state index in [1.54, 1.807) is 12.4 Å². The molecule has 0 aliphatic rings. The van der Waals surface area contributed by atoms with Gasteiger partial charge in [-0.05, 0) is 26.0 Å². The number of likely N-dealkylation sites (N-methyl/N-ethyl adjacent to an activating group) is 1. The van der Waals surface area contributed by atoms with E-state index in [1.165, 1.54) is 0 Å². The highest BCUT2D eigenvalue weighted by Gasteiger charge is 2.23. The van der Waals surface area contributed by atoms with Crippen LogP contribution in [0.25, 0.3) is 0 Å². The zero-order valence-electron chi connectivity index (χ0n) is 9.36. The van der Waals surface area contributed by atoms with Crippen molar-refractivity contribution < 1.29 is 0 Å². The predicted molar refractivity (Wildman–Crippen MR) is 58.1 cm³/mol. The number of nitrogens with one attached hydrogen (secondary N) is 1. The molecular weight excluding hydrogens is 174 g/mol. The third kappa shape index (κ3) is 2.51. The lowest BCUT2D eigenvalue weighted by atomic mass is 9.88. The lowest BCUT2D eigenvalue weighted by Crippen LogP contribution is -2.33. The molecule has 0 aliphatic heterocycles. The zero-order valence-corrected chi connectivity index (χ0v) is 9.36. The molecule has 0 saturated heterocycles. The van der Waals surface area contributed by atoms with E-state index in [9.17, 15) is 0 Å². The molecule has 1 aromatic rings. The van der Waals surface area contributed by atoms with E-state index in [4.69, 9.17) is 0 Å². The van der Waals surface area contributed by atoms with Crippen LogP contribution in [0.4, 0.5) is 0 Å². The highest BCUT2D eigenvalue weighted by molar-refractivity contribution is 5.02. The summed E-state index contributed by atoms with van der Waals surface area (Å²) >= 11 is 0. The first-order valence-corrected chi connectivity index (χ1v) is 5.11. The highest BCUT2D eigenvalue weighted by Crippen LogP contribution is 2.24. The van der Waals surface area contributed by atoms with E-state index in [2.05, 4.69) is 36.1 Å². The number of hydrogen-bond donors (Lipinski definition) is 1. The summed E-state index contributed by atoms with van der Waals surface area (Å²) < 4.78 is 0. The van der Waals surface area contributed by atoms with Crippen molar-refractivity contribution in [2.24, 2.45) is 5.92 Å². The SMILES string of the molecule is CNC(C)C(c1ncccn1)C(C)C. The van der Waals surface area contributed by atoms with Gasteiger partial charge >= 0.3 is 0 Å². The molecule has 0 amide bonds. The molecule has 0 fully saturated rings. The van der Waals surface area contributed by atoms with E-state index in [1.807, 2.05) is 13.1 Å². The minimum atomic E-state index is 0.376. The van der Waals surface area contributed by atoms with Gasteiger partial charge in [-0.2, -0.15) is 0 Å². The summed E-state index contributed by atoms with van der Waals surface area (Å²) in [6.07, 6.45) is 3.61. The van der Waals surface area contributed by atoms with Crippen molar-refractivity contribution in [2.75, 3.05) is 7.05 Å². The van der Waals surface area contributed by atoms with Gasteiger partial charge in [0.1, 0.15) is 5.82 Å². The van der Waals surface area contributed by atoms with Gasteiger partial charge < -0.3 is 5.32 Å². The minimum Gasteiger partial charge on any atom is -0.317 e. The Hall–Kier alpha value is -0.960. The normalized spacial score (nSPS) is 15.5. The van der Waals surface area contributed by atoms with Crippen molar-refractivity contribution in [3.05, 3.63) is 24.3 Å². The molecule has 0 bridgehead atoms. The Bertz CT molecular complexity index is 258. The molecular formula is C11H19N3. The standard InChI is InChI=1S/C11H19N3/c1-8(2)10(9(3)12-4)11-13-6-5-7-14-11/h5-10,12H,1-4H3. The van der Waals surface area contributed by atoms with E-state index in [0.29, 0.717) is 17.9 Å². The number of aromatic nitrogens is 2. The van der Waals surface area contributed by atoms with Crippen LogP contribution in [0.3, 0.4) is 0 Å². The van der Waals surface area contributed by atoms with Gasteiger partial charge in [-0.15, -0.1) is 0 Å². The van der Waals surface area contributed by atoms with Crippen molar-refractivity contribution in [2.45, 2.75) is 32.7 Å². The number of nitrogens with zero attached hydrogens (tertiary/aromatic N) is 2. The lowest BCUT2D eigenvalue weighted by Gasteiger charge is -2.25. The van der Waals surface area contributed by atoms with Gasteiger partial charge in [0, 0.05) is 24.4 Å². The van der Waals surface area contributed by atoms with E-state index >= 15 is 0 Å². The Morgan fingerprint density at radius 3 is 2.14 bits per heavy atom. The Morgan fingerprint density at radius 2 is 1.71 bits per heavy atom. The van der Waals surface area contributed by atoms with Crippen molar-refractivity contribution >= 4 is 0 Å². The molecule has 0 saturated carbocycles. The topological polar surface area (TPSA) is 37.8 Å². The molecule has 78 valence electrons. The molecule has 14 heavy (non-hydrogen) atoms. The molecule has 1 N–H and O–H groups in total. The summed E-state index contributed by atoms with van der Waals surface area (Å²) in [5.41, 5.74) is 0. The third-order valence-corrected chi connectivity index (χ3v) is 2.60. The Labute approximate surface area is 86.0 Å². The minimum absolute atomic E-state index is 0.376. The van der Waals surface area contributed by atoms with Crippen LogP contribution in [0.5, 0.6) is 0 Å². The fourth-order valence-corrected chi connectivity index (χ4v) is 1.76. The fourth-order valence-electron chi connectivity index (χ4n) is 1.76. The van der Waals surface area contributed by atoms with Gasteiger partial charge in [0.2, 0.25) is 0 Å². The fraction of sp³-hybridized carbons (Fsp3) is 0.636. The maximum Gasteiger partial charge on any atom is 0.133 e. The lowest BCUT2D eigenvalue weighted by molar-refractivity contribution is 0.380. The second-order valence-corrected chi connectivity index (χ2v) is 3.95. The molecule has 0 aliphatic carbocycles. The molecule has 2 atom stereocenters. The summed E-state index contributed by atoms with van der Waals surface area (Å²) in [5.74, 6) is 1.85. The van der Waals surface area contributed by atoms with Crippen LogP contribution < -0.4 is 5.32 Å². The van der Waals surface area contributed by atoms with Crippen LogP contribution in [-0.2, 0) is 0 Å². The quantitative estimate of drug-likeness (QED) is 0.792. The largest absolute Gasteiger partial charge is 0.317 e. The van der Waals surface area contributed by atoms with Crippen LogP contribution in [0, 0.1) is 5.92 Å². The van der Waals surface area contributed by atoms with Crippen molar-refractivity contribution in [1.82, 2.24) is 15.3 Å². The van der Waals surface area contributed by atoms with Crippen LogP contribution in [0.15, 0.2) is 18.5 Å². The maximum atomic E-state index is 4.32. The third-order valence-electron chi connectivity index (χ3n) is 2.60. The zero-order chi connectivity index (χ0) is 10.6. The maximum absolute atomic E-state index is 4.32. The summed E-state index contributed by atoms with van der Waals surface area (Å²) in [4.78, 5) is 8.64. The smallest absolute Gasteiger partial charge is 0.133 e. The average Bonchev–Trinajstić information content (AvgIpc) is 2.19.